The number of aromatic amines is 1. The number of hydrogen-bond donors (Lipinski definition) is 2. The number of halogens is 2. The van der Waals surface area contributed by atoms with E-state index in [-0.39, 0.29) is 18.9 Å². The van der Waals surface area contributed by atoms with Crippen LogP contribution < -0.4 is 5.32 Å². The summed E-state index contributed by atoms with van der Waals surface area (Å²) in [6.07, 6.45) is 2.92. The molecule has 3 rings (SSSR count). The first-order valence-corrected chi connectivity index (χ1v) is 5.06. The summed E-state index contributed by atoms with van der Waals surface area (Å²) in [7, 11) is 0. The van der Waals surface area contributed by atoms with Gasteiger partial charge in [0.1, 0.15) is 17.8 Å². The van der Waals surface area contributed by atoms with Gasteiger partial charge in [0.25, 0.3) is 5.92 Å². The first-order chi connectivity index (χ1) is 7.64. The number of alkyl halides is 2. The van der Waals surface area contributed by atoms with Gasteiger partial charge in [-0.05, 0) is 6.07 Å². The minimum Gasteiger partial charge on any atom is -0.366 e. The highest BCUT2D eigenvalue weighted by molar-refractivity contribution is 5.86. The third-order valence-electron chi connectivity index (χ3n) is 2.78. The van der Waals surface area contributed by atoms with Gasteiger partial charge in [0.2, 0.25) is 0 Å². The predicted octanol–water partition coefficient (Wildman–Crippen LogP) is 2.17. The molecule has 2 heterocycles. The van der Waals surface area contributed by atoms with E-state index in [0.29, 0.717) is 11.5 Å². The molecule has 0 aromatic carbocycles. The van der Waals surface area contributed by atoms with Gasteiger partial charge < -0.3 is 10.3 Å². The lowest BCUT2D eigenvalue weighted by Crippen LogP contribution is -2.44. The van der Waals surface area contributed by atoms with Crippen LogP contribution in [0.2, 0.25) is 0 Å². The summed E-state index contributed by atoms with van der Waals surface area (Å²) >= 11 is 0. The molecule has 0 spiro atoms. The lowest BCUT2D eigenvalue weighted by Gasteiger charge is -2.35. The molecule has 1 saturated carbocycles. The van der Waals surface area contributed by atoms with Crippen molar-refractivity contribution in [3.8, 4) is 0 Å². The van der Waals surface area contributed by atoms with Crippen molar-refractivity contribution < 1.29 is 8.78 Å². The third-order valence-corrected chi connectivity index (χ3v) is 2.78. The number of H-pyrrole nitrogens is 1. The molecule has 1 aliphatic carbocycles. The summed E-state index contributed by atoms with van der Waals surface area (Å²) in [6, 6.07) is 1.64. The minimum absolute atomic E-state index is 0.122. The van der Waals surface area contributed by atoms with Crippen LogP contribution in [0.25, 0.3) is 11.0 Å². The Kier molecular flexibility index (Phi) is 1.86. The van der Waals surface area contributed by atoms with Gasteiger partial charge in [-0.3, -0.25) is 0 Å². The van der Waals surface area contributed by atoms with Gasteiger partial charge in [0, 0.05) is 25.1 Å². The monoisotopic (exact) mass is 224 g/mol. The normalized spacial score (nSPS) is 19.6. The Hall–Kier alpha value is -1.72. The molecule has 4 nitrogen and oxygen atoms in total. The second-order valence-electron chi connectivity index (χ2n) is 4.07. The highest BCUT2D eigenvalue weighted by Crippen LogP contribution is 2.39. The zero-order chi connectivity index (χ0) is 11.2. The zero-order valence-electron chi connectivity index (χ0n) is 8.37. The van der Waals surface area contributed by atoms with Crippen LogP contribution in [0.5, 0.6) is 0 Å². The molecule has 0 unspecified atom stereocenters. The number of hydrogen-bond acceptors (Lipinski definition) is 3. The van der Waals surface area contributed by atoms with E-state index >= 15 is 0 Å². The standard InChI is InChI=1S/C10H10F2N4/c11-10(12)3-6(4-10)16-9-7-1-2-13-8(7)14-5-15-9/h1-2,5-6H,3-4H2,(H2,13,14,15,16). The van der Waals surface area contributed by atoms with E-state index in [0.717, 1.165) is 5.39 Å². The van der Waals surface area contributed by atoms with Gasteiger partial charge in [-0.2, -0.15) is 0 Å². The van der Waals surface area contributed by atoms with Gasteiger partial charge in [0.15, 0.2) is 0 Å². The van der Waals surface area contributed by atoms with Crippen molar-refractivity contribution in [2.75, 3.05) is 5.32 Å². The van der Waals surface area contributed by atoms with E-state index in [2.05, 4.69) is 20.3 Å². The van der Waals surface area contributed by atoms with E-state index in [4.69, 9.17) is 0 Å². The Morgan fingerprint density at radius 3 is 2.94 bits per heavy atom. The van der Waals surface area contributed by atoms with Gasteiger partial charge in [0.05, 0.1) is 5.39 Å². The van der Waals surface area contributed by atoms with Gasteiger partial charge in [-0.15, -0.1) is 0 Å². The molecule has 0 amide bonds. The highest BCUT2D eigenvalue weighted by Gasteiger charge is 2.45. The number of fused-ring (bicyclic) bond motifs is 1. The number of nitrogens with zero attached hydrogens (tertiary/aromatic N) is 2. The number of anilines is 1. The highest BCUT2D eigenvalue weighted by atomic mass is 19.3. The molecule has 0 saturated heterocycles. The van der Waals surface area contributed by atoms with Crippen LogP contribution in [0, 0.1) is 0 Å². The Balaban J connectivity index is 1.82. The Morgan fingerprint density at radius 2 is 2.19 bits per heavy atom. The number of aromatic nitrogens is 3. The molecule has 84 valence electrons. The molecule has 2 aromatic heterocycles. The fraction of sp³-hybridized carbons (Fsp3) is 0.400. The van der Waals surface area contributed by atoms with Gasteiger partial charge >= 0.3 is 0 Å². The minimum atomic E-state index is -2.51. The Morgan fingerprint density at radius 1 is 1.38 bits per heavy atom. The largest absolute Gasteiger partial charge is 0.366 e. The van der Waals surface area contributed by atoms with Crippen molar-refractivity contribution in [1.29, 1.82) is 0 Å². The fourth-order valence-corrected chi connectivity index (χ4v) is 1.94. The second-order valence-corrected chi connectivity index (χ2v) is 4.07. The van der Waals surface area contributed by atoms with Crippen LogP contribution in [0.15, 0.2) is 18.6 Å². The maximum absolute atomic E-state index is 12.7. The van der Waals surface area contributed by atoms with Crippen LogP contribution in [0.1, 0.15) is 12.8 Å². The van der Waals surface area contributed by atoms with Crippen molar-refractivity contribution in [1.82, 2.24) is 15.0 Å². The van der Waals surface area contributed by atoms with Crippen molar-refractivity contribution in [2.24, 2.45) is 0 Å². The fourth-order valence-electron chi connectivity index (χ4n) is 1.94. The Labute approximate surface area is 90.1 Å². The van der Waals surface area contributed by atoms with Crippen LogP contribution >= 0.6 is 0 Å². The van der Waals surface area contributed by atoms with Crippen LogP contribution in [-0.4, -0.2) is 26.9 Å². The topological polar surface area (TPSA) is 53.6 Å². The summed E-state index contributed by atoms with van der Waals surface area (Å²) in [5.74, 6) is -1.89. The second kappa shape index (κ2) is 3.13. The van der Waals surface area contributed by atoms with Crippen molar-refractivity contribution >= 4 is 16.9 Å². The van der Waals surface area contributed by atoms with Crippen molar-refractivity contribution in [2.45, 2.75) is 24.8 Å². The Bertz CT molecular complexity index is 514. The first-order valence-electron chi connectivity index (χ1n) is 5.06. The predicted molar refractivity (Wildman–Crippen MR) is 55.5 cm³/mol. The average Bonchev–Trinajstić information content (AvgIpc) is 2.63. The third kappa shape index (κ3) is 1.50. The van der Waals surface area contributed by atoms with Crippen LogP contribution in [0.4, 0.5) is 14.6 Å². The maximum Gasteiger partial charge on any atom is 0.252 e. The molecule has 0 atom stereocenters. The van der Waals surface area contributed by atoms with Crippen LogP contribution in [0.3, 0.4) is 0 Å². The number of nitrogens with one attached hydrogen (secondary N) is 2. The lowest BCUT2D eigenvalue weighted by atomic mass is 9.88. The zero-order valence-corrected chi connectivity index (χ0v) is 8.37. The summed E-state index contributed by atoms with van der Waals surface area (Å²) in [5, 5.41) is 3.84. The smallest absolute Gasteiger partial charge is 0.252 e. The summed E-state index contributed by atoms with van der Waals surface area (Å²) < 4.78 is 25.3. The molecular weight excluding hydrogens is 214 g/mol. The van der Waals surface area contributed by atoms with Crippen molar-refractivity contribution in [3.63, 3.8) is 0 Å². The SMILES string of the molecule is FC1(F)CC(Nc2ncnc3[nH]ccc23)C1. The molecule has 2 N–H and O–H groups in total. The van der Waals surface area contributed by atoms with E-state index in [9.17, 15) is 8.78 Å². The molecule has 0 radical (unpaired) electrons. The molecule has 1 aliphatic rings. The van der Waals surface area contributed by atoms with Crippen molar-refractivity contribution in [3.05, 3.63) is 18.6 Å². The molecule has 2 aromatic rings. The molecule has 1 fully saturated rings. The van der Waals surface area contributed by atoms with E-state index in [1.165, 1.54) is 6.33 Å². The molecule has 6 heteroatoms. The number of rotatable bonds is 2. The average molecular weight is 224 g/mol. The first kappa shape index (κ1) is 9.50. The molecule has 0 bridgehead atoms. The van der Waals surface area contributed by atoms with Gasteiger partial charge in [-0.25, -0.2) is 18.7 Å². The maximum atomic E-state index is 12.7. The molecule has 0 aliphatic heterocycles. The van der Waals surface area contributed by atoms with Gasteiger partial charge in [-0.1, -0.05) is 0 Å². The summed E-state index contributed by atoms with van der Waals surface area (Å²) in [5.41, 5.74) is 0.712. The molecular formula is C10H10F2N4. The van der Waals surface area contributed by atoms with E-state index in [1.54, 1.807) is 6.20 Å². The van der Waals surface area contributed by atoms with E-state index < -0.39 is 5.92 Å². The molecule has 16 heavy (non-hydrogen) atoms. The quantitative estimate of drug-likeness (QED) is 0.821. The van der Waals surface area contributed by atoms with E-state index in [1.807, 2.05) is 6.07 Å². The van der Waals surface area contributed by atoms with Crippen LogP contribution in [-0.2, 0) is 0 Å². The lowest BCUT2D eigenvalue weighted by molar-refractivity contribution is -0.0793. The summed E-state index contributed by atoms with van der Waals surface area (Å²) in [6.45, 7) is 0. The summed E-state index contributed by atoms with van der Waals surface area (Å²) in [4.78, 5) is 11.0.